The van der Waals surface area contributed by atoms with Crippen LogP contribution in [0.4, 0.5) is 4.39 Å². The van der Waals surface area contributed by atoms with E-state index in [-0.39, 0.29) is 19.0 Å². The maximum Gasteiger partial charge on any atom is 0.191 e. The van der Waals surface area contributed by atoms with E-state index < -0.39 is 6.10 Å². The first-order valence-corrected chi connectivity index (χ1v) is 9.97. The molecule has 7 heteroatoms. The van der Waals surface area contributed by atoms with Crippen LogP contribution in [0.5, 0.6) is 11.5 Å². The summed E-state index contributed by atoms with van der Waals surface area (Å²) in [6.45, 7) is 4.50. The van der Waals surface area contributed by atoms with Crippen molar-refractivity contribution in [2.24, 2.45) is 4.99 Å². The van der Waals surface area contributed by atoms with E-state index in [0.29, 0.717) is 11.7 Å². The van der Waals surface area contributed by atoms with E-state index in [4.69, 9.17) is 9.47 Å². The Morgan fingerprint density at radius 2 is 2.07 bits per heavy atom. The Kier molecular flexibility index (Phi) is 7.69. The number of guanidine groups is 1. The number of aliphatic hydroxyl groups is 1. The van der Waals surface area contributed by atoms with Gasteiger partial charge in [0.15, 0.2) is 5.96 Å². The van der Waals surface area contributed by atoms with Gasteiger partial charge >= 0.3 is 0 Å². The molecule has 0 bridgehead atoms. The Labute approximate surface area is 170 Å². The highest BCUT2D eigenvalue weighted by Crippen LogP contribution is 2.25. The molecule has 0 spiro atoms. The second-order valence-electron chi connectivity index (χ2n) is 6.86. The van der Waals surface area contributed by atoms with Crippen molar-refractivity contribution < 1.29 is 19.0 Å². The number of nitrogens with one attached hydrogen (secondary N) is 2. The first-order valence-electron chi connectivity index (χ1n) is 9.97. The van der Waals surface area contributed by atoms with Crippen molar-refractivity contribution in [2.45, 2.75) is 25.9 Å². The number of aliphatic imine (C=N–C) groups is 1. The molecule has 29 heavy (non-hydrogen) atoms. The number of aliphatic hydroxyl groups excluding tert-OH is 1. The summed E-state index contributed by atoms with van der Waals surface area (Å²) in [6, 6.07) is 12.0. The van der Waals surface area contributed by atoms with Gasteiger partial charge < -0.3 is 25.2 Å². The maximum absolute atomic E-state index is 12.9. The maximum atomic E-state index is 12.9. The van der Waals surface area contributed by atoms with Crippen LogP contribution >= 0.6 is 0 Å². The van der Waals surface area contributed by atoms with E-state index in [1.165, 1.54) is 35.4 Å². The van der Waals surface area contributed by atoms with Crippen LogP contribution in [0.15, 0.2) is 47.5 Å². The molecule has 0 aromatic heterocycles. The van der Waals surface area contributed by atoms with Gasteiger partial charge in [-0.3, -0.25) is 4.99 Å². The number of benzene rings is 2. The van der Waals surface area contributed by atoms with Crippen LogP contribution in [0.2, 0.25) is 0 Å². The molecule has 0 saturated carbocycles. The molecule has 6 nitrogen and oxygen atoms in total. The van der Waals surface area contributed by atoms with E-state index in [1.54, 1.807) is 0 Å². The lowest BCUT2D eigenvalue weighted by molar-refractivity contribution is 0.114. The average Bonchev–Trinajstić information content (AvgIpc) is 3.19. The van der Waals surface area contributed by atoms with Gasteiger partial charge in [0.25, 0.3) is 0 Å². The van der Waals surface area contributed by atoms with E-state index in [2.05, 4.69) is 27.8 Å². The molecule has 0 amide bonds. The summed E-state index contributed by atoms with van der Waals surface area (Å²) in [5, 5.41) is 16.6. The third-order valence-corrected chi connectivity index (χ3v) is 4.52. The lowest BCUT2D eigenvalue weighted by Gasteiger charge is -2.14. The Morgan fingerprint density at radius 3 is 2.86 bits per heavy atom. The predicted octanol–water partition coefficient (Wildman–Crippen LogP) is 2.30. The molecule has 1 heterocycles. The summed E-state index contributed by atoms with van der Waals surface area (Å²) in [7, 11) is 0. The fraction of sp³-hybridized carbons (Fsp3) is 0.409. The van der Waals surface area contributed by atoms with Crippen LogP contribution in [0.25, 0.3) is 0 Å². The molecule has 1 unspecified atom stereocenters. The van der Waals surface area contributed by atoms with Gasteiger partial charge in [0, 0.05) is 19.5 Å². The zero-order valence-electron chi connectivity index (χ0n) is 16.7. The molecule has 2 aromatic carbocycles. The average molecular weight is 401 g/mol. The molecule has 3 rings (SSSR count). The zero-order valence-corrected chi connectivity index (χ0v) is 16.7. The van der Waals surface area contributed by atoms with Gasteiger partial charge in [-0.1, -0.05) is 12.1 Å². The topological polar surface area (TPSA) is 75.1 Å². The third-order valence-electron chi connectivity index (χ3n) is 4.52. The summed E-state index contributed by atoms with van der Waals surface area (Å²) in [5.74, 6) is 1.84. The molecule has 2 aromatic rings. The van der Waals surface area contributed by atoms with Crippen molar-refractivity contribution in [3.8, 4) is 11.5 Å². The number of hydrogen-bond donors (Lipinski definition) is 3. The van der Waals surface area contributed by atoms with E-state index >= 15 is 0 Å². The van der Waals surface area contributed by atoms with Crippen LogP contribution in [-0.2, 0) is 12.8 Å². The monoisotopic (exact) mass is 401 g/mol. The van der Waals surface area contributed by atoms with Gasteiger partial charge in [0.2, 0.25) is 0 Å². The SMILES string of the molecule is CCNC(=NCC(O)COc1ccc(F)cc1)NCCc1ccc2c(c1)CCO2. The van der Waals surface area contributed by atoms with Crippen LogP contribution in [0.1, 0.15) is 18.1 Å². The van der Waals surface area contributed by atoms with Crippen LogP contribution in [-0.4, -0.2) is 50.0 Å². The van der Waals surface area contributed by atoms with Gasteiger partial charge in [0.05, 0.1) is 13.2 Å². The fourth-order valence-electron chi connectivity index (χ4n) is 3.04. The highest BCUT2D eigenvalue weighted by molar-refractivity contribution is 5.79. The molecule has 0 aliphatic carbocycles. The first kappa shape index (κ1) is 20.9. The number of hydrogen-bond acceptors (Lipinski definition) is 4. The lowest BCUT2D eigenvalue weighted by atomic mass is 10.1. The van der Waals surface area contributed by atoms with Gasteiger partial charge in [-0.05, 0) is 54.8 Å². The predicted molar refractivity (Wildman–Crippen MR) is 111 cm³/mol. The van der Waals surface area contributed by atoms with Crippen molar-refractivity contribution in [1.82, 2.24) is 10.6 Å². The minimum Gasteiger partial charge on any atom is -0.493 e. The second-order valence-corrected chi connectivity index (χ2v) is 6.86. The van der Waals surface area contributed by atoms with Gasteiger partial charge in [0.1, 0.15) is 30.0 Å². The minimum atomic E-state index is -0.757. The lowest BCUT2D eigenvalue weighted by Crippen LogP contribution is -2.39. The van der Waals surface area contributed by atoms with Gasteiger partial charge in [-0.2, -0.15) is 0 Å². The molecule has 1 aliphatic heterocycles. The molecule has 156 valence electrons. The van der Waals surface area contributed by atoms with Crippen molar-refractivity contribution in [1.29, 1.82) is 0 Å². The van der Waals surface area contributed by atoms with Crippen LogP contribution in [0, 0.1) is 5.82 Å². The quantitative estimate of drug-likeness (QED) is 0.444. The summed E-state index contributed by atoms with van der Waals surface area (Å²) < 4.78 is 23.9. The first-order chi connectivity index (χ1) is 14.1. The van der Waals surface area contributed by atoms with Crippen molar-refractivity contribution in [3.63, 3.8) is 0 Å². The van der Waals surface area contributed by atoms with Crippen molar-refractivity contribution in [2.75, 3.05) is 32.8 Å². The highest BCUT2D eigenvalue weighted by atomic mass is 19.1. The summed E-state index contributed by atoms with van der Waals surface area (Å²) in [4.78, 5) is 4.41. The fourth-order valence-corrected chi connectivity index (χ4v) is 3.04. The Hall–Kier alpha value is -2.80. The number of fused-ring (bicyclic) bond motifs is 1. The van der Waals surface area contributed by atoms with E-state index in [0.717, 1.165) is 38.3 Å². The van der Waals surface area contributed by atoms with E-state index in [1.807, 2.05) is 13.0 Å². The molecule has 0 fully saturated rings. The Morgan fingerprint density at radius 1 is 1.24 bits per heavy atom. The van der Waals surface area contributed by atoms with Crippen LogP contribution in [0.3, 0.4) is 0 Å². The molecular weight excluding hydrogens is 373 g/mol. The minimum absolute atomic E-state index is 0.0890. The summed E-state index contributed by atoms with van der Waals surface area (Å²) >= 11 is 0. The number of ether oxygens (including phenoxy) is 2. The van der Waals surface area contributed by atoms with Crippen molar-refractivity contribution in [3.05, 3.63) is 59.4 Å². The Balaban J connectivity index is 1.43. The zero-order chi connectivity index (χ0) is 20.5. The number of rotatable bonds is 9. The number of nitrogens with zero attached hydrogens (tertiary/aromatic N) is 1. The summed E-state index contributed by atoms with van der Waals surface area (Å²) in [6.07, 6.45) is 1.08. The molecular formula is C22H28FN3O3. The van der Waals surface area contributed by atoms with Crippen molar-refractivity contribution >= 4 is 5.96 Å². The molecule has 0 saturated heterocycles. The molecule has 1 atom stereocenters. The molecule has 1 aliphatic rings. The smallest absolute Gasteiger partial charge is 0.191 e. The van der Waals surface area contributed by atoms with E-state index in [9.17, 15) is 9.50 Å². The third kappa shape index (κ3) is 6.64. The van der Waals surface area contributed by atoms with Crippen LogP contribution < -0.4 is 20.1 Å². The summed E-state index contributed by atoms with van der Waals surface area (Å²) in [5.41, 5.74) is 2.53. The molecule has 3 N–H and O–H groups in total. The number of halogens is 1. The largest absolute Gasteiger partial charge is 0.493 e. The normalized spacial score (nSPS) is 14.1. The standard InChI is InChI=1S/C22H28FN3O3/c1-2-24-22(25-11-9-16-3-8-21-17(13-16)10-12-28-21)26-14-19(27)15-29-20-6-4-18(23)5-7-20/h3-8,13,19,27H,2,9-12,14-15H2,1H3,(H2,24,25,26). The molecule has 0 radical (unpaired) electrons. The van der Waals surface area contributed by atoms with Gasteiger partial charge in [-0.15, -0.1) is 0 Å². The Bertz CT molecular complexity index is 811. The highest BCUT2D eigenvalue weighted by Gasteiger charge is 2.12. The second kappa shape index (κ2) is 10.7. The van der Waals surface area contributed by atoms with Gasteiger partial charge in [-0.25, -0.2) is 4.39 Å².